The highest BCUT2D eigenvalue weighted by molar-refractivity contribution is 5.92. The SMILES string of the molecule is COc1cccc(C=CC(=O)NC2COC2)c1. The molecule has 0 bridgehead atoms. The number of amides is 1. The smallest absolute Gasteiger partial charge is 0.244 e. The van der Waals surface area contributed by atoms with Gasteiger partial charge in [-0.05, 0) is 23.8 Å². The van der Waals surface area contributed by atoms with E-state index in [4.69, 9.17) is 9.47 Å². The molecule has 1 amide bonds. The van der Waals surface area contributed by atoms with Crippen molar-refractivity contribution in [2.24, 2.45) is 0 Å². The minimum absolute atomic E-state index is 0.0962. The molecule has 1 aromatic rings. The highest BCUT2D eigenvalue weighted by Crippen LogP contribution is 2.13. The van der Waals surface area contributed by atoms with Crippen molar-refractivity contribution in [3.63, 3.8) is 0 Å². The highest BCUT2D eigenvalue weighted by atomic mass is 16.5. The molecule has 1 heterocycles. The quantitative estimate of drug-likeness (QED) is 0.795. The predicted molar refractivity (Wildman–Crippen MR) is 64.8 cm³/mol. The van der Waals surface area contributed by atoms with Crippen LogP contribution >= 0.6 is 0 Å². The minimum atomic E-state index is -0.0962. The molecule has 1 aliphatic rings. The topological polar surface area (TPSA) is 47.6 Å². The maximum Gasteiger partial charge on any atom is 0.244 e. The van der Waals surface area contributed by atoms with E-state index in [9.17, 15) is 4.79 Å². The molecule has 90 valence electrons. The summed E-state index contributed by atoms with van der Waals surface area (Å²) in [7, 11) is 1.62. The third kappa shape index (κ3) is 3.32. The summed E-state index contributed by atoms with van der Waals surface area (Å²) < 4.78 is 10.1. The van der Waals surface area contributed by atoms with Gasteiger partial charge in [-0.25, -0.2) is 0 Å². The summed E-state index contributed by atoms with van der Waals surface area (Å²) in [4.78, 5) is 11.5. The maximum atomic E-state index is 11.5. The zero-order valence-electron chi connectivity index (χ0n) is 9.68. The van der Waals surface area contributed by atoms with E-state index in [1.165, 1.54) is 6.08 Å². The van der Waals surface area contributed by atoms with E-state index in [1.54, 1.807) is 13.2 Å². The van der Waals surface area contributed by atoms with Gasteiger partial charge >= 0.3 is 0 Å². The van der Waals surface area contributed by atoms with Gasteiger partial charge in [0.2, 0.25) is 5.91 Å². The Morgan fingerprint density at radius 3 is 3.00 bits per heavy atom. The van der Waals surface area contributed by atoms with Crippen LogP contribution in [0, 0.1) is 0 Å². The molecule has 0 saturated carbocycles. The van der Waals surface area contributed by atoms with Crippen molar-refractivity contribution in [3.05, 3.63) is 35.9 Å². The predicted octanol–water partition coefficient (Wildman–Crippen LogP) is 1.22. The van der Waals surface area contributed by atoms with Crippen LogP contribution in [0.5, 0.6) is 5.75 Å². The van der Waals surface area contributed by atoms with Crippen molar-refractivity contribution in [1.29, 1.82) is 0 Å². The minimum Gasteiger partial charge on any atom is -0.497 e. The van der Waals surface area contributed by atoms with Crippen LogP contribution in [0.25, 0.3) is 6.08 Å². The maximum absolute atomic E-state index is 11.5. The lowest BCUT2D eigenvalue weighted by Crippen LogP contribution is -2.48. The van der Waals surface area contributed by atoms with Crippen LogP contribution in [-0.2, 0) is 9.53 Å². The van der Waals surface area contributed by atoms with Crippen LogP contribution in [-0.4, -0.2) is 32.3 Å². The first kappa shape index (κ1) is 11.7. The summed E-state index contributed by atoms with van der Waals surface area (Å²) in [5.74, 6) is 0.682. The lowest BCUT2D eigenvalue weighted by Gasteiger charge is -2.26. The molecule has 0 aliphatic carbocycles. The first-order valence-electron chi connectivity index (χ1n) is 5.48. The lowest BCUT2D eigenvalue weighted by molar-refractivity contribution is -0.120. The van der Waals surface area contributed by atoms with E-state index < -0.39 is 0 Å². The average molecular weight is 233 g/mol. The first-order valence-corrected chi connectivity index (χ1v) is 5.48. The molecule has 0 spiro atoms. The van der Waals surface area contributed by atoms with E-state index in [2.05, 4.69) is 5.32 Å². The number of benzene rings is 1. The normalized spacial score (nSPS) is 15.6. The standard InChI is InChI=1S/C13H15NO3/c1-16-12-4-2-3-10(7-12)5-6-13(15)14-11-8-17-9-11/h2-7,11H,8-9H2,1H3,(H,14,15). The fraction of sp³-hybridized carbons (Fsp3) is 0.308. The van der Waals surface area contributed by atoms with Gasteiger partial charge in [0.25, 0.3) is 0 Å². The molecule has 0 aromatic heterocycles. The summed E-state index contributed by atoms with van der Waals surface area (Å²) in [6.45, 7) is 1.22. The number of carbonyl (C=O) groups excluding carboxylic acids is 1. The Balaban J connectivity index is 1.91. The second kappa shape index (κ2) is 5.50. The summed E-state index contributed by atoms with van der Waals surface area (Å²) in [6, 6.07) is 7.70. The summed E-state index contributed by atoms with van der Waals surface area (Å²) >= 11 is 0. The number of hydrogen-bond donors (Lipinski definition) is 1. The van der Waals surface area contributed by atoms with Crippen LogP contribution in [0.1, 0.15) is 5.56 Å². The molecule has 0 unspecified atom stereocenters. The monoisotopic (exact) mass is 233 g/mol. The largest absolute Gasteiger partial charge is 0.497 e. The van der Waals surface area contributed by atoms with Gasteiger partial charge in [0, 0.05) is 6.08 Å². The molecular formula is C13H15NO3. The van der Waals surface area contributed by atoms with Gasteiger partial charge in [-0.1, -0.05) is 12.1 Å². The Bertz CT molecular complexity index is 424. The van der Waals surface area contributed by atoms with Crippen LogP contribution in [0.3, 0.4) is 0 Å². The van der Waals surface area contributed by atoms with E-state index in [1.807, 2.05) is 24.3 Å². The molecular weight excluding hydrogens is 218 g/mol. The lowest BCUT2D eigenvalue weighted by atomic mass is 10.2. The zero-order chi connectivity index (χ0) is 12.1. The summed E-state index contributed by atoms with van der Waals surface area (Å²) in [5.41, 5.74) is 0.935. The molecule has 1 aromatic carbocycles. The Labute approximate surface area is 100 Å². The zero-order valence-corrected chi connectivity index (χ0v) is 9.68. The number of nitrogens with one attached hydrogen (secondary N) is 1. The van der Waals surface area contributed by atoms with Crippen molar-refractivity contribution in [1.82, 2.24) is 5.32 Å². The molecule has 2 rings (SSSR count). The molecule has 4 heteroatoms. The third-order valence-electron chi connectivity index (χ3n) is 2.51. The summed E-state index contributed by atoms with van der Waals surface area (Å²) in [5, 5.41) is 2.83. The van der Waals surface area contributed by atoms with Crippen molar-refractivity contribution in [3.8, 4) is 5.75 Å². The van der Waals surface area contributed by atoms with Gasteiger partial charge in [-0.3, -0.25) is 4.79 Å². The van der Waals surface area contributed by atoms with E-state index in [0.29, 0.717) is 13.2 Å². The van der Waals surface area contributed by atoms with Gasteiger partial charge in [-0.2, -0.15) is 0 Å². The van der Waals surface area contributed by atoms with Gasteiger partial charge in [0.05, 0.1) is 26.4 Å². The van der Waals surface area contributed by atoms with Crippen molar-refractivity contribution in [2.75, 3.05) is 20.3 Å². The number of rotatable bonds is 4. The fourth-order valence-corrected chi connectivity index (χ4v) is 1.49. The summed E-state index contributed by atoms with van der Waals surface area (Å²) in [6.07, 6.45) is 3.28. The molecule has 1 N–H and O–H groups in total. The van der Waals surface area contributed by atoms with Gasteiger partial charge in [0.1, 0.15) is 5.75 Å². The van der Waals surface area contributed by atoms with E-state index >= 15 is 0 Å². The second-order valence-corrected chi connectivity index (χ2v) is 3.85. The van der Waals surface area contributed by atoms with E-state index in [0.717, 1.165) is 11.3 Å². The molecule has 1 saturated heterocycles. The van der Waals surface area contributed by atoms with Crippen molar-refractivity contribution >= 4 is 12.0 Å². The van der Waals surface area contributed by atoms with E-state index in [-0.39, 0.29) is 11.9 Å². The Kier molecular flexibility index (Phi) is 3.77. The molecule has 17 heavy (non-hydrogen) atoms. The molecule has 1 fully saturated rings. The number of carbonyl (C=O) groups is 1. The number of methoxy groups -OCH3 is 1. The number of hydrogen-bond acceptors (Lipinski definition) is 3. The fourth-order valence-electron chi connectivity index (χ4n) is 1.49. The Morgan fingerprint density at radius 2 is 2.35 bits per heavy atom. The third-order valence-corrected chi connectivity index (χ3v) is 2.51. The highest BCUT2D eigenvalue weighted by Gasteiger charge is 2.18. The first-order chi connectivity index (χ1) is 8.28. The van der Waals surface area contributed by atoms with Gasteiger partial charge in [-0.15, -0.1) is 0 Å². The molecule has 0 radical (unpaired) electrons. The van der Waals surface area contributed by atoms with Crippen LogP contribution in [0.4, 0.5) is 0 Å². The molecule has 4 nitrogen and oxygen atoms in total. The van der Waals surface area contributed by atoms with Gasteiger partial charge in [0.15, 0.2) is 0 Å². The molecule has 1 aliphatic heterocycles. The number of ether oxygens (including phenoxy) is 2. The van der Waals surface area contributed by atoms with Crippen molar-refractivity contribution < 1.29 is 14.3 Å². The van der Waals surface area contributed by atoms with Crippen molar-refractivity contribution in [2.45, 2.75) is 6.04 Å². The van der Waals surface area contributed by atoms with Crippen LogP contribution in [0.2, 0.25) is 0 Å². The Morgan fingerprint density at radius 1 is 1.53 bits per heavy atom. The average Bonchev–Trinajstić information content (AvgIpc) is 2.31. The van der Waals surface area contributed by atoms with Crippen LogP contribution < -0.4 is 10.1 Å². The van der Waals surface area contributed by atoms with Gasteiger partial charge < -0.3 is 14.8 Å². The molecule has 0 atom stereocenters. The Hall–Kier alpha value is -1.81. The second-order valence-electron chi connectivity index (χ2n) is 3.85. The van der Waals surface area contributed by atoms with Crippen LogP contribution in [0.15, 0.2) is 30.3 Å².